The predicted octanol–water partition coefficient (Wildman–Crippen LogP) is 4.55. The van der Waals surface area contributed by atoms with Crippen LogP contribution in [0, 0.1) is 11.8 Å². The number of rotatable bonds is 9. The van der Waals surface area contributed by atoms with Gasteiger partial charge < -0.3 is 9.47 Å². The van der Waals surface area contributed by atoms with Crippen molar-refractivity contribution in [1.82, 2.24) is 0 Å². The van der Waals surface area contributed by atoms with E-state index in [-0.39, 0.29) is 0 Å². The highest BCUT2D eigenvalue weighted by Gasteiger charge is 2.29. The van der Waals surface area contributed by atoms with Gasteiger partial charge in [0.1, 0.15) is 6.79 Å². The van der Waals surface area contributed by atoms with Gasteiger partial charge in [-0.3, -0.25) is 0 Å². The second kappa shape index (κ2) is 9.57. The Morgan fingerprint density at radius 2 is 2.00 bits per heavy atom. The molecule has 0 aromatic rings. The molecule has 0 saturated heterocycles. The lowest BCUT2D eigenvalue weighted by Gasteiger charge is -2.34. The Morgan fingerprint density at radius 1 is 1.28 bits per heavy atom. The van der Waals surface area contributed by atoms with Crippen molar-refractivity contribution >= 4 is 0 Å². The number of unbranched alkanes of at least 4 members (excludes halogenated alkanes) is 1. The molecule has 2 atom stereocenters. The van der Waals surface area contributed by atoms with Crippen molar-refractivity contribution < 1.29 is 9.47 Å². The minimum atomic E-state index is 0.314. The van der Waals surface area contributed by atoms with Crippen LogP contribution in [0.5, 0.6) is 0 Å². The zero-order chi connectivity index (χ0) is 13.2. The Hall–Kier alpha value is -0.340. The molecule has 1 saturated carbocycles. The molecule has 0 N–H and O–H groups in total. The van der Waals surface area contributed by atoms with E-state index in [1.54, 1.807) is 7.11 Å². The Balaban J connectivity index is 2.57. The molecule has 0 aromatic carbocycles. The summed E-state index contributed by atoms with van der Waals surface area (Å²) in [7, 11) is 1.70. The molecule has 1 fully saturated rings. The van der Waals surface area contributed by atoms with Crippen molar-refractivity contribution in [2.75, 3.05) is 13.9 Å². The molecule has 2 nitrogen and oxygen atoms in total. The van der Waals surface area contributed by atoms with Crippen LogP contribution in [-0.4, -0.2) is 20.0 Å². The van der Waals surface area contributed by atoms with E-state index in [0.717, 1.165) is 0 Å². The summed E-state index contributed by atoms with van der Waals surface area (Å²) < 4.78 is 11.1. The molecule has 0 aliphatic heterocycles. The quantitative estimate of drug-likeness (QED) is 0.444. The Morgan fingerprint density at radius 3 is 2.56 bits per heavy atom. The van der Waals surface area contributed by atoms with Gasteiger partial charge in [-0.05, 0) is 25.2 Å². The molecule has 1 aliphatic carbocycles. The fourth-order valence-electron chi connectivity index (χ4n) is 3.07. The van der Waals surface area contributed by atoms with Gasteiger partial charge in [0, 0.05) is 13.0 Å². The second-order valence-electron chi connectivity index (χ2n) is 5.48. The minimum Gasteiger partial charge on any atom is -0.359 e. The van der Waals surface area contributed by atoms with E-state index in [0.29, 0.717) is 24.7 Å². The standard InChI is InChI=1S/C16H30O2/c1-4-6-10-14(5-2)16(18-13-17-3)15-11-8-7-9-12-15/h5,14-16H,2,4,6-13H2,1,3H3/t14-,16-/m1/s1. The molecule has 0 unspecified atom stereocenters. The number of methoxy groups -OCH3 is 1. The van der Waals surface area contributed by atoms with Gasteiger partial charge in [0.05, 0.1) is 6.10 Å². The second-order valence-corrected chi connectivity index (χ2v) is 5.48. The lowest BCUT2D eigenvalue weighted by Crippen LogP contribution is -2.33. The van der Waals surface area contributed by atoms with Crippen molar-refractivity contribution in [2.24, 2.45) is 11.8 Å². The van der Waals surface area contributed by atoms with Gasteiger partial charge in [-0.15, -0.1) is 6.58 Å². The van der Waals surface area contributed by atoms with Crippen LogP contribution >= 0.6 is 0 Å². The molecule has 0 radical (unpaired) electrons. The summed E-state index contributed by atoms with van der Waals surface area (Å²) in [6.07, 6.45) is 12.8. The lowest BCUT2D eigenvalue weighted by atomic mass is 9.79. The van der Waals surface area contributed by atoms with Crippen molar-refractivity contribution in [1.29, 1.82) is 0 Å². The average molecular weight is 254 g/mol. The molecule has 0 amide bonds. The molecule has 0 bridgehead atoms. The highest BCUT2D eigenvalue weighted by molar-refractivity contribution is 4.90. The zero-order valence-electron chi connectivity index (χ0n) is 12.2. The normalized spacial score (nSPS) is 20.6. The van der Waals surface area contributed by atoms with Gasteiger partial charge in [-0.25, -0.2) is 0 Å². The van der Waals surface area contributed by atoms with E-state index in [2.05, 4.69) is 19.6 Å². The van der Waals surface area contributed by atoms with Crippen LogP contribution < -0.4 is 0 Å². The molecule has 2 heteroatoms. The third kappa shape index (κ3) is 5.11. The number of hydrogen-bond acceptors (Lipinski definition) is 2. The van der Waals surface area contributed by atoms with Gasteiger partial charge in [0.2, 0.25) is 0 Å². The number of ether oxygens (including phenoxy) is 2. The maximum atomic E-state index is 5.99. The first kappa shape index (κ1) is 15.7. The van der Waals surface area contributed by atoms with E-state index in [9.17, 15) is 0 Å². The summed E-state index contributed by atoms with van der Waals surface area (Å²) in [5, 5.41) is 0. The van der Waals surface area contributed by atoms with Crippen LogP contribution in [-0.2, 0) is 9.47 Å². The summed E-state index contributed by atoms with van der Waals surface area (Å²) in [5.41, 5.74) is 0. The Labute approximate surface area is 113 Å². The van der Waals surface area contributed by atoms with Crippen LogP contribution in [0.15, 0.2) is 12.7 Å². The molecule has 18 heavy (non-hydrogen) atoms. The topological polar surface area (TPSA) is 18.5 Å². The molecule has 0 aromatic heterocycles. The van der Waals surface area contributed by atoms with Crippen molar-refractivity contribution in [3.8, 4) is 0 Å². The minimum absolute atomic E-state index is 0.314. The molecule has 1 rings (SSSR count). The molecular weight excluding hydrogens is 224 g/mol. The van der Waals surface area contributed by atoms with Gasteiger partial charge >= 0.3 is 0 Å². The van der Waals surface area contributed by atoms with Crippen LogP contribution in [0.2, 0.25) is 0 Å². The van der Waals surface area contributed by atoms with Crippen LogP contribution in [0.25, 0.3) is 0 Å². The first-order valence-corrected chi connectivity index (χ1v) is 7.56. The van der Waals surface area contributed by atoms with E-state index in [1.807, 2.05) is 0 Å². The largest absolute Gasteiger partial charge is 0.359 e. The summed E-state index contributed by atoms with van der Waals surface area (Å²) >= 11 is 0. The fraction of sp³-hybridized carbons (Fsp3) is 0.875. The van der Waals surface area contributed by atoms with Gasteiger partial charge in [0.25, 0.3) is 0 Å². The smallest absolute Gasteiger partial charge is 0.146 e. The first-order chi connectivity index (χ1) is 8.83. The monoisotopic (exact) mass is 254 g/mol. The van der Waals surface area contributed by atoms with E-state index in [1.165, 1.54) is 51.4 Å². The summed E-state index contributed by atoms with van der Waals surface area (Å²) in [5.74, 6) is 1.19. The fourth-order valence-corrected chi connectivity index (χ4v) is 3.07. The molecule has 0 spiro atoms. The maximum absolute atomic E-state index is 5.99. The number of hydrogen-bond donors (Lipinski definition) is 0. The molecule has 106 valence electrons. The highest BCUT2D eigenvalue weighted by Crippen LogP contribution is 2.33. The SMILES string of the molecule is C=C[C@H](CCCC)[C@@H](OCOC)C1CCCCC1. The molecule has 0 heterocycles. The van der Waals surface area contributed by atoms with Crippen molar-refractivity contribution in [3.05, 3.63) is 12.7 Å². The van der Waals surface area contributed by atoms with E-state index in [4.69, 9.17) is 9.47 Å². The van der Waals surface area contributed by atoms with Crippen molar-refractivity contribution in [2.45, 2.75) is 64.4 Å². The first-order valence-electron chi connectivity index (χ1n) is 7.56. The van der Waals surface area contributed by atoms with Gasteiger partial charge in [-0.1, -0.05) is 45.1 Å². The maximum Gasteiger partial charge on any atom is 0.146 e. The van der Waals surface area contributed by atoms with Gasteiger partial charge in [-0.2, -0.15) is 0 Å². The summed E-state index contributed by atoms with van der Waals surface area (Å²) in [6.45, 7) is 6.67. The summed E-state index contributed by atoms with van der Waals surface area (Å²) in [6, 6.07) is 0. The average Bonchev–Trinajstić information content (AvgIpc) is 2.43. The van der Waals surface area contributed by atoms with Crippen LogP contribution in [0.3, 0.4) is 0 Å². The van der Waals surface area contributed by atoms with Gasteiger partial charge in [0.15, 0.2) is 0 Å². The zero-order valence-corrected chi connectivity index (χ0v) is 12.2. The molecular formula is C16H30O2. The predicted molar refractivity (Wildman–Crippen MR) is 76.5 cm³/mol. The van der Waals surface area contributed by atoms with Crippen LogP contribution in [0.4, 0.5) is 0 Å². The summed E-state index contributed by atoms with van der Waals surface area (Å²) in [4.78, 5) is 0. The lowest BCUT2D eigenvalue weighted by molar-refractivity contribution is -0.111. The highest BCUT2D eigenvalue weighted by atomic mass is 16.7. The Bertz CT molecular complexity index is 209. The van der Waals surface area contributed by atoms with E-state index < -0.39 is 0 Å². The third-order valence-electron chi connectivity index (χ3n) is 4.11. The van der Waals surface area contributed by atoms with Crippen molar-refractivity contribution in [3.63, 3.8) is 0 Å². The van der Waals surface area contributed by atoms with Crippen LogP contribution in [0.1, 0.15) is 58.3 Å². The Kier molecular flexibility index (Phi) is 8.36. The third-order valence-corrected chi connectivity index (χ3v) is 4.11. The van der Waals surface area contributed by atoms with E-state index >= 15 is 0 Å². The molecule has 1 aliphatic rings.